The van der Waals surface area contributed by atoms with Gasteiger partial charge < -0.3 is 25.8 Å². The zero-order valence-electron chi connectivity index (χ0n) is 28.1. The van der Waals surface area contributed by atoms with Gasteiger partial charge in [-0.2, -0.15) is 0 Å². The van der Waals surface area contributed by atoms with Crippen LogP contribution in [0.25, 0.3) is 0 Å². The van der Waals surface area contributed by atoms with Crippen LogP contribution < -0.4 is 20.9 Å². The van der Waals surface area contributed by atoms with Crippen LogP contribution in [0.4, 0.5) is 16.2 Å². The predicted octanol–water partition coefficient (Wildman–Crippen LogP) is 7.99. The van der Waals surface area contributed by atoms with Crippen LogP contribution >= 0.6 is 0 Å². The average Bonchev–Trinajstić information content (AvgIpc) is 3.01. The number of anilines is 2. The van der Waals surface area contributed by atoms with Gasteiger partial charge in [-0.15, -0.1) is 0 Å². The minimum atomic E-state index is -0.132. The van der Waals surface area contributed by atoms with Gasteiger partial charge in [0.1, 0.15) is 0 Å². The van der Waals surface area contributed by atoms with Crippen molar-refractivity contribution in [2.75, 3.05) is 42.9 Å². The first-order valence-corrected chi connectivity index (χ1v) is 16.2. The summed E-state index contributed by atoms with van der Waals surface area (Å²) < 4.78 is 0. The number of rotatable bonds is 12. The molecule has 0 radical (unpaired) electrons. The Kier molecular flexibility index (Phi) is 15.9. The van der Waals surface area contributed by atoms with Gasteiger partial charge in [0.2, 0.25) is 0 Å². The molecular formula is C37H55N5O2. The number of nitrogens with zero attached hydrogens (tertiary/aromatic N) is 2. The number of nitrogens with one attached hydrogen (secondary N) is 3. The molecular weight excluding hydrogens is 546 g/mol. The Balaban J connectivity index is 0.000000402. The molecule has 1 aliphatic rings. The van der Waals surface area contributed by atoms with Crippen molar-refractivity contribution in [1.82, 2.24) is 15.5 Å². The van der Waals surface area contributed by atoms with E-state index in [2.05, 4.69) is 72.5 Å². The first-order valence-electron chi connectivity index (χ1n) is 16.2. The van der Waals surface area contributed by atoms with Crippen LogP contribution in [0.1, 0.15) is 81.8 Å². The van der Waals surface area contributed by atoms with Gasteiger partial charge in [0.25, 0.3) is 5.91 Å². The Hall–Kier alpha value is -4.00. The second-order valence-corrected chi connectivity index (χ2v) is 11.4. The summed E-state index contributed by atoms with van der Waals surface area (Å²) in [6.45, 7) is 22.8. The van der Waals surface area contributed by atoms with Gasteiger partial charge in [0, 0.05) is 61.4 Å². The number of carbonyl (C=O) groups is 2. The molecule has 2 aromatic rings. The van der Waals surface area contributed by atoms with Crippen LogP contribution in [0.15, 0.2) is 78.5 Å². The number of para-hydroxylation sites is 1. The molecule has 7 nitrogen and oxygen atoms in total. The predicted molar refractivity (Wildman–Crippen MR) is 188 cm³/mol. The number of allylic oxidation sites excluding steroid dienone is 4. The normalized spacial score (nSPS) is 14.8. The van der Waals surface area contributed by atoms with Gasteiger partial charge in [-0.3, -0.25) is 4.79 Å². The summed E-state index contributed by atoms with van der Waals surface area (Å²) in [4.78, 5) is 29.2. The van der Waals surface area contributed by atoms with E-state index in [1.54, 1.807) is 4.90 Å². The summed E-state index contributed by atoms with van der Waals surface area (Å²) >= 11 is 0. The zero-order chi connectivity index (χ0) is 32.5. The molecule has 0 bridgehead atoms. The van der Waals surface area contributed by atoms with Crippen molar-refractivity contribution in [3.05, 3.63) is 95.2 Å². The summed E-state index contributed by atoms with van der Waals surface area (Å²) in [5.41, 5.74) is 7.07. The number of hydrogen-bond acceptors (Lipinski definition) is 4. The van der Waals surface area contributed by atoms with Crippen LogP contribution in [-0.4, -0.2) is 55.6 Å². The van der Waals surface area contributed by atoms with Crippen LogP contribution in [0, 0.1) is 13.8 Å². The molecule has 1 heterocycles. The molecule has 0 saturated carbocycles. The second kappa shape index (κ2) is 19.3. The summed E-state index contributed by atoms with van der Waals surface area (Å²) in [7, 11) is 0. The van der Waals surface area contributed by atoms with E-state index in [9.17, 15) is 9.59 Å². The lowest BCUT2D eigenvalue weighted by atomic mass is 10.0. The highest BCUT2D eigenvalue weighted by Gasteiger charge is 2.25. The third-order valence-electron chi connectivity index (χ3n) is 7.62. The van der Waals surface area contributed by atoms with Crippen LogP contribution in [0.2, 0.25) is 0 Å². The van der Waals surface area contributed by atoms with Crippen LogP contribution in [0.5, 0.6) is 0 Å². The molecule has 240 valence electrons. The lowest BCUT2D eigenvalue weighted by molar-refractivity contribution is 0.0910. The smallest absolute Gasteiger partial charge is 0.317 e. The van der Waals surface area contributed by atoms with E-state index in [1.807, 2.05) is 64.1 Å². The molecule has 2 aromatic carbocycles. The lowest BCUT2D eigenvalue weighted by Gasteiger charge is -2.33. The maximum Gasteiger partial charge on any atom is 0.317 e. The van der Waals surface area contributed by atoms with Gasteiger partial charge in [-0.25, -0.2) is 4.79 Å². The van der Waals surface area contributed by atoms with Crippen molar-refractivity contribution in [1.29, 1.82) is 0 Å². The molecule has 3 rings (SSSR count). The van der Waals surface area contributed by atoms with Crippen molar-refractivity contribution in [2.45, 2.75) is 80.2 Å². The molecule has 1 atom stereocenters. The number of likely N-dealkylation sites (tertiary alicyclic amines) is 1. The monoisotopic (exact) mass is 601 g/mol. The Morgan fingerprint density at radius 2 is 1.75 bits per heavy atom. The van der Waals surface area contributed by atoms with Gasteiger partial charge in [-0.1, -0.05) is 62.9 Å². The number of hydrogen-bond donors (Lipinski definition) is 3. The van der Waals surface area contributed by atoms with Gasteiger partial charge in [-0.05, 0) is 95.2 Å². The Labute approximate surface area is 266 Å². The van der Waals surface area contributed by atoms with E-state index in [0.717, 1.165) is 41.9 Å². The fourth-order valence-corrected chi connectivity index (χ4v) is 5.12. The molecule has 0 unspecified atom stereocenters. The number of aryl methyl sites for hydroxylation is 2. The summed E-state index contributed by atoms with van der Waals surface area (Å²) in [6.07, 6.45) is 10.1. The molecule has 3 amide bonds. The fraction of sp³-hybridized carbons (Fsp3) is 0.459. The van der Waals surface area contributed by atoms with Crippen LogP contribution in [0.3, 0.4) is 0 Å². The average molecular weight is 602 g/mol. The largest absolute Gasteiger partial charge is 0.371 e. The van der Waals surface area contributed by atoms with Crippen molar-refractivity contribution < 1.29 is 9.59 Å². The Bertz CT molecular complexity index is 1280. The van der Waals surface area contributed by atoms with Crippen molar-refractivity contribution in [3.8, 4) is 0 Å². The van der Waals surface area contributed by atoms with Crippen LogP contribution in [-0.2, 0) is 0 Å². The maximum atomic E-state index is 12.8. The van der Waals surface area contributed by atoms with Crippen molar-refractivity contribution in [3.63, 3.8) is 0 Å². The highest BCUT2D eigenvalue weighted by atomic mass is 16.2. The van der Waals surface area contributed by atoms with E-state index in [1.165, 1.54) is 37.2 Å². The van der Waals surface area contributed by atoms with Gasteiger partial charge in [0.15, 0.2) is 0 Å². The summed E-state index contributed by atoms with van der Waals surface area (Å²) in [5, 5.41) is 9.22. The zero-order valence-corrected chi connectivity index (χ0v) is 28.1. The molecule has 0 aromatic heterocycles. The molecule has 1 aliphatic heterocycles. The van der Waals surface area contributed by atoms with E-state index < -0.39 is 0 Å². The number of piperidine rings is 1. The Morgan fingerprint density at radius 3 is 2.39 bits per heavy atom. The SMILES string of the molecule is C=C(Nc1cc(C(=O)N[C@@H]2CCCN(C(=O)NCC)C2)ccc1C)/C(C)=C/C=C\C.CCCN(CCC)c1ccccc1C. The highest BCUT2D eigenvalue weighted by Crippen LogP contribution is 2.22. The van der Waals surface area contributed by atoms with E-state index >= 15 is 0 Å². The topological polar surface area (TPSA) is 76.7 Å². The number of benzene rings is 2. The molecule has 3 N–H and O–H groups in total. The molecule has 1 saturated heterocycles. The molecule has 44 heavy (non-hydrogen) atoms. The second-order valence-electron chi connectivity index (χ2n) is 11.4. The van der Waals surface area contributed by atoms with E-state index in [-0.39, 0.29) is 18.0 Å². The molecule has 1 fully saturated rings. The van der Waals surface area contributed by atoms with Crippen molar-refractivity contribution in [2.24, 2.45) is 0 Å². The quantitative estimate of drug-likeness (QED) is 0.216. The van der Waals surface area contributed by atoms with Gasteiger partial charge >= 0.3 is 6.03 Å². The maximum absolute atomic E-state index is 12.8. The fourth-order valence-electron chi connectivity index (χ4n) is 5.12. The highest BCUT2D eigenvalue weighted by molar-refractivity contribution is 5.95. The third-order valence-corrected chi connectivity index (χ3v) is 7.62. The van der Waals surface area contributed by atoms with Gasteiger partial charge in [0.05, 0.1) is 0 Å². The standard InChI is InChI=1S/C24H34N4O2.C13H21N/c1-6-8-10-17(3)19(5)26-22-15-20(13-12-18(22)4)23(29)27-21-11-9-14-28(16-21)24(30)25-7-2;1-4-10-14(11-5-2)13-9-7-6-8-12(13)3/h6,8,10,12-13,15,21,26H,5,7,9,11,14,16H2,1-4H3,(H,25,30)(H,27,29);6-9H,4-5,10-11H2,1-3H3/b8-6-,17-10+;/t21-;/m1./s1. The van der Waals surface area contributed by atoms with Crippen molar-refractivity contribution >= 4 is 23.3 Å². The molecule has 0 spiro atoms. The van der Waals surface area contributed by atoms with E-state index in [0.29, 0.717) is 18.7 Å². The first kappa shape index (κ1) is 36.2. The summed E-state index contributed by atoms with van der Waals surface area (Å²) in [5.74, 6) is -0.132. The Morgan fingerprint density at radius 1 is 1.05 bits per heavy atom. The number of amides is 3. The first-order chi connectivity index (χ1) is 21.1. The number of urea groups is 1. The third kappa shape index (κ3) is 11.6. The summed E-state index contributed by atoms with van der Waals surface area (Å²) in [6, 6.07) is 14.1. The molecule has 7 heteroatoms. The minimum absolute atomic E-state index is 0.0486. The minimum Gasteiger partial charge on any atom is -0.371 e. The lowest BCUT2D eigenvalue weighted by Crippen LogP contribution is -2.52. The molecule has 0 aliphatic carbocycles. The van der Waals surface area contributed by atoms with E-state index in [4.69, 9.17) is 0 Å². The number of carbonyl (C=O) groups excluding carboxylic acids is 2.